The Labute approximate surface area is 118 Å². The highest BCUT2D eigenvalue weighted by Gasteiger charge is 2.04. The summed E-state index contributed by atoms with van der Waals surface area (Å²) in [5.41, 5.74) is 3.10. The first kappa shape index (κ1) is 14.1. The highest BCUT2D eigenvalue weighted by molar-refractivity contribution is 5.73. The number of pyridine rings is 1. The van der Waals surface area contributed by atoms with Crippen LogP contribution in [0.25, 0.3) is 0 Å². The normalized spacial score (nSPS) is 10.3. The molecule has 2 heterocycles. The maximum absolute atomic E-state index is 11.6. The summed E-state index contributed by atoms with van der Waals surface area (Å²) in [6.07, 6.45) is 4.23. The van der Waals surface area contributed by atoms with Crippen molar-refractivity contribution in [1.29, 1.82) is 0 Å². The molecule has 2 N–H and O–H groups in total. The summed E-state index contributed by atoms with van der Waals surface area (Å²) >= 11 is 0. The van der Waals surface area contributed by atoms with E-state index >= 15 is 0 Å². The molecule has 2 aromatic heterocycles. The fourth-order valence-corrected chi connectivity index (χ4v) is 1.80. The second kappa shape index (κ2) is 6.75. The molecule has 2 amide bonds. The lowest BCUT2D eigenvalue weighted by Gasteiger charge is -2.07. The van der Waals surface area contributed by atoms with Crippen LogP contribution in [0.1, 0.15) is 22.6 Å². The third-order valence-corrected chi connectivity index (χ3v) is 3.08. The number of carbonyl (C=O) groups is 1. The molecule has 106 valence electrons. The highest BCUT2D eigenvalue weighted by atomic mass is 16.3. The standard InChI is InChI=1S/C15H19N3O2/c1-11-3-4-13(9-17-11)5-7-16-15(19)18-10-14-6-8-20-12(14)2/h3-4,6,8-9H,5,7,10H2,1-2H3,(H2,16,18,19). The van der Waals surface area contributed by atoms with Crippen molar-refractivity contribution in [1.82, 2.24) is 15.6 Å². The van der Waals surface area contributed by atoms with E-state index in [1.807, 2.05) is 38.2 Å². The van der Waals surface area contributed by atoms with E-state index in [4.69, 9.17) is 4.42 Å². The van der Waals surface area contributed by atoms with Gasteiger partial charge in [-0.3, -0.25) is 4.98 Å². The second-order valence-electron chi connectivity index (χ2n) is 4.67. The van der Waals surface area contributed by atoms with Crippen molar-refractivity contribution in [2.45, 2.75) is 26.8 Å². The van der Waals surface area contributed by atoms with Gasteiger partial charge >= 0.3 is 6.03 Å². The Hall–Kier alpha value is -2.30. The first-order chi connectivity index (χ1) is 9.65. The number of carbonyl (C=O) groups excluding carboxylic acids is 1. The lowest BCUT2D eigenvalue weighted by atomic mass is 10.2. The quantitative estimate of drug-likeness (QED) is 0.878. The molecule has 5 nitrogen and oxygen atoms in total. The largest absolute Gasteiger partial charge is 0.469 e. The lowest BCUT2D eigenvalue weighted by molar-refractivity contribution is 0.240. The molecule has 0 fully saturated rings. The Kier molecular flexibility index (Phi) is 4.76. The maximum atomic E-state index is 11.6. The molecule has 0 saturated heterocycles. The van der Waals surface area contributed by atoms with Gasteiger partial charge in [-0.15, -0.1) is 0 Å². The molecule has 0 aliphatic carbocycles. The van der Waals surface area contributed by atoms with Crippen LogP contribution in [0, 0.1) is 13.8 Å². The van der Waals surface area contributed by atoms with Crippen molar-refractivity contribution in [3.05, 3.63) is 53.2 Å². The summed E-state index contributed by atoms with van der Waals surface area (Å²) in [4.78, 5) is 15.8. The van der Waals surface area contributed by atoms with E-state index in [-0.39, 0.29) is 6.03 Å². The predicted molar refractivity (Wildman–Crippen MR) is 76.4 cm³/mol. The van der Waals surface area contributed by atoms with Crippen LogP contribution in [-0.2, 0) is 13.0 Å². The van der Waals surface area contributed by atoms with E-state index in [1.165, 1.54) is 0 Å². The maximum Gasteiger partial charge on any atom is 0.315 e. The average molecular weight is 273 g/mol. The van der Waals surface area contributed by atoms with E-state index in [0.29, 0.717) is 13.1 Å². The minimum absolute atomic E-state index is 0.175. The zero-order valence-electron chi connectivity index (χ0n) is 11.8. The van der Waals surface area contributed by atoms with Crippen LogP contribution < -0.4 is 10.6 Å². The van der Waals surface area contributed by atoms with Crippen LogP contribution >= 0.6 is 0 Å². The van der Waals surface area contributed by atoms with Crippen molar-refractivity contribution < 1.29 is 9.21 Å². The van der Waals surface area contributed by atoms with Gasteiger partial charge in [0.2, 0.25) is 0 Å². The van der Waals surface area contributed by atoms with Crippen molar-refractivity contribution in [2.24, 2.45) is 0 Å². The molecule has 20 heavy (non-hydrogen) atoms. The molecule has 2 rings (SSSR count). The van der Waals surface area contributed by atoms with Gasteiger partial charge in [0, 0.05) is 30.5 Å². The van der Waals surface area contributed by atoms with Crippen LogP contribution in [0.15, 0.2) is 35.1 Å². The van der Waals surface area contributed by atoms with Gasteiger partial charge in [0.25, 0.3) is 0 Å². The van der Waals surface area contributed by atoms with E-state index in [2.05, 4.69) is 15.6 Å². The van der Waals surface area contributed by atoms with Gasteiger partial charge in [-0.1, -0.05) is 6.07 Å². The van der Waals surface area contributed by atoms with Gasteiger partial charge in [-0.2, -0.15) is 0 Å². The Morgan fingerprint density at radius 1 is 1.25 bits per heavy atom. The Morgan fingerprint density at radius 2 is 2.10 bits per heavy atom. The number of rotatable bonds is 5. The smallest absolute Gasteiger partial charge is 0.315 e. The second-order valence-corrected chi connectivity index (χ2v) is 4.67. The van der Waals surface area contributed by atoms with Gasteiger partial charge in [-0.25, -0.2) is 4.79 Å². The fraction of sp³-hybridized carbons (Fsp3) is 0.333. The number of aryl methyl sites for hydroxylation is 2. The molecule has 2 aromatic rings. The van der Waals surface area contributed by atoms with Crippen LogP contribution in [0.2, 0.25) is 0 Å². The van der Waals surface area contributed by atoms with E-state index in [9.17, 15) is 4.79 Å². The summed E-state index contributed by atoms with van der Waals surface area (Å²) in [7, 11) is 0. The van der Waals surface area contributed by atoms with Crippen LogP contribution in [0.3, 0.4) is 0 Å². The average Bonchev–Trinajstić information content (AvgIpc) is 2.84. The number of hydrogen-bond donors (Lipinski definition) is 2. The number of amides is 2. The van der Waals surface area contributed by atoms with Crippen LogP contribution in [-0.4, -0.2) is 17.6 Å². The van der Waals surface area contributed by atoms with Gasteiger partial charge in [0.1, 0.15) is 5.76 Å². The minimum atomic E-state index is -0.175. The number of urea groups is 1. The number of furan rings is 1. The molecule has 0 atom stereocenters. The van der Waals surface area contributed by atoms with E-state index in [1.54, 1.807) is 6.26 Å². The van der Waals surface area contributed by atoms with Gasteiger partial charge in [0.15, 0.2) is 0 Å². The molecular formula is C15H19N3O2. The summed E-state index contributed by atoms with van der Waals surface area (Å²) < 4.78 is 5.17. The molecule has 0 radical (unpaired) electrons. The minimum Gasteiger partial charge on any atom is -0.469 e. The Bertz CT molecular complexity index is 561. The molecule has 0 aliphatic heterocycles. The highest BCUT2D eigenvalue weighted by Crippen LogP contribution is 2.07. The van der Waals surface area contributed by atoms with Gasteiger partial charge in [-0.05, 0) is 38.0 Å². The molecule has 0 bridgehead atoms. The molecule has 0 aliphatic rings. The molecular weight excluding hydrogens is 254 g/mol. The Morgan fingerprint density at radius 3 is 2.75 bits per heavy atom. The summed E-state index contributed by atoms with van der Waals surface area (Å²) in [6.45, 7) is 4.88. The molecule has 5 heteroatoms. The van der Waals surface area contributed by atoms with Crippen molar-refractivity contribution in [3.8, 4) is 0 Å². The third kappa shape index (κ3) is 4.12. The van der Waals surface area contributed by atoms with Crippen molar-refractivity contribution in [2.75, 3.05) is 6.54 Å². The SMILES string of the molecule is Cc1ccc(CCNC(=O)NCc2ccoc2C)cn1. The monoisotopic (exact) mass is 273 g/mol. The number of nitrogens with zero attached hydrogens (tertiary/aromatic N) is 1. The molecule has 0 saturated carbocycles. The van der Waals surface area contributed by atoms with Crippen molar-refractivity contribution >= 4 is 6.03 Å². The number of hydrogen-bond acceptors (Lipinski definition) is 3. The summed E-state index contributed by atoms with van der Waals surface area (Å²) in [5.74, 6) is 0.830. The zero-order chi connectivity index (χ0) is 14.4. The lowest BCUT2D eigenvalue weighted by Crippen LogP contribution is -2.36. The van der Waals surface area contributed by atoms with Gasteiger partial charge < -0.3 is 15.1 Å². The topological polar surface area (TPSA) is 67.2 Å². The molecule has 0 spiro atoms. The summed E-state index contributed by atoms with van der Waals surface area (Å²) in [5, 5.41) is 5.61. The zero-order valence-corrected chi connectivity index (χ0v) is 11.8. The first-order valence-electron chi connectivity index (χ1n) is 6.61. The number of nitrogens with one attached hydrogen (secondary N) is 2. The van der Waals surface area contributed by atoms with Gasteiger partial charge in [0.05, 0.1) is 6.26 Å². The number of aromatic nitrogens is 1. The van der Waals surface area contributed by atoms with Crippen molar-refractivity contribution in [3.63, 3.8) is 0 Å². The Balaban J connectivity index is 1.68. The van der Waals surface area contributed by atoms with Crippen LogP contribution in [0.5, 0.6) is 0 Å². The van der Waals surface area contributed by atoms with Crippen LogP contribution in [0.4, 0.5) is 4.79 Å². The summed E-state index contributed by atoms with van der Waals surface area (Å²) in [6, 6.07) is 5.67. The predicted octanol–water partition coefficient (Wildman–Crippen LogP) is 2.33. The molecule has 0 unspecified atom stereocenters. The fourth-order valence-electron chi connectivity index (χ4n) is 1.80. The van der Waals surface area contributed by atoms with E-state index in [0.717, 1.165) is 29.0 Å². The molecule has 0 aromatic carbocycles. The third-order valence-electron chi connectivity index (χ3n) is 3.08. The van der Waals surface area contributed by atoms with E-state index < -0.39 is 0 Å². The first-order valence-corrected chi connectivity index (χ1v) is 6.61.